The van der Waals surface area contributed by atoms with Gasteiger partial charge in [0.1, 0.15) is 6.10 Å². The molecule has 0 aromatic heterocycles. The summed E-state index contributed by atoms with van der Waals surface area (Å²) in [5, 5.41) is 9.22. The second-order valence-electron chi connectivity index (χ2n) is 1.98. The summed E-state index contributed by atoms with van der Waals surface area (Å²) in [6, 6.07) is 0. The van der Waals surface area contributed by atoms with E-state index in [1.54, 1.807) is 0 Å². The lowest BCUT2D eigenvalue weighted by atomic mass is 10.2. The summed E-state index contributed by atoms with van der Waals surface area (Å²) < 4.78 is 30.1. The van der Waals surface area contributed by atoms with Gasteiger partial charge in [-0.2, -0.15) is 0 Å². The van der Waals surface area contributed by atoms with Crippen LogP contribution in [0.3, 0.4) is 0 Å². The first-order valence-electron chi connectivity index (χ1n) is 4.54. The molecule has 1 saturated heterocycles. The second-order valence-corrected chi connectivity index (χ2v) is 1.98. The van der Waals surface area contributed by atoms with Crippen LogP contribution in [0.5, 0.6) is 0 Å². The summed E-state index contributed by atoms with van der Waals surface area (Å²) in [7, 11) is -1.36. The van der Waals surface area contributed by atoms with E-state index in [1.165, 1.54) is 0 Å². The minimum Gasteiger partial charge on any atom is -0.390 e. The van der Waals surface area contributed by atoms with Crippen molar-refractivity contribution < 1.29 is 18.7 Å². The largest absolute Gasteiger partial charge is 0.390 e. The molecule has 3 heteroatoms. The average Bonchev–Trinajstić information content (AvgIpc) is 2.26. The fourth-order valence-corrected chi connectivity index (χ4v) is 0.765. The molecule has 0 aliphatic carbocycles. The van der Waals surface area contributed by atoms with Crippen LogP contribution >= 0.6 is 0 Å². The van der Waals surface area contributed by atoms with Gasteiger partial charge in [-0.25, -0.2) is 0 Å². The van der Waals surface area contributed by atoms with Crippen LogP contribution < -0.4 is 0 Å². The van der Waals surface area contributed by atoms with Crippen molar-refractivity contribution in [2.24, 2.45) is 0 Å². The summed E-state index contributed by atoms with van der Waals surface area (Å²) in [5.41, 5.74) is 0. The molecule has 3 nitrogen and oxygen atoms in total. The van der Waals surface area contributed by atoms with Crippen molar-refractivity contribution in [1.82, 2.24) is 0 Å². The average molecular weight is 137 g/mol. The molecule has 1 fully saturated rings. The van der Waals surface area contributed by atoms with Gasteiger partial charge in [-0.15, -0.1) is 0 Å². The van der Waals surface area contributed by atoms with Gasteiger partial charge in [0.2, 0.25) is 0 Å². The highest BCUT2D eigenvalue weighted by Crippen LogP contribution is 2.12. The Labute approximate surface area is 58.8 Å². The van der Waals surface area contributed by atoms with E-state index in [0.717, 1.165) is 0 Å². The summed E-state index contributed by atoms with van der Waals surface area (Å²) >= 11 is 0. The van der Waals surface area contributed by atoms with Gasteiger partial charge in [0.05, 0.1) is 16.8 Å². The summed E-state index contributed by atoms with van der Waals surface area (Å²) in [5.74, 6) is 0. The summed E-state index contributed by atoms with van der Waals surface area (Å²) in [6.07, 6.45) is -0.980. The molecule has 3 unspecified atom stereocenters. The molecule has 1 heterocycles. The van der Waals surface area contributed by atoms with E-state index in [-0.39, 0.29) is 13.0 Å². The third-order valence-electron chi connectivity index (χ3n) is 1.30. The van der Waals surface area contributed by atoms with E-state index >= 15 is 0 Å². The minimum atomic E-state index is -1.36. The van der Waals surface area contributed by atoms with Gasteiger partial charge in [0.25, 0.3) is 0 Å². The molecule has 0 amide bonds. The van der Waals surface area contributed by atoms with Gasteiger partial charge in [0.15, 0.2) is 0 Å². The molecule has 9 heavy (non-hydrogen) atoms. The fourth-order valence-electron chi connectivity index (χ4n) is 0.765. The SMILES string of the molecule is [2H]C([3H])OC[C@@H]1OC([3H])CC1O. The van der Waals surface area contributed by atoms with Crippen molar-refractivity contribution >= 4 is 0 Å². The zero-order chi connectivity index (χ0) is 9.14. The van der Waals surface area contributed by atoms with Crippen molar-refractivity contribution in [2.75, 3.05) is 20.3 Å². The Morgan fingerprint density at radius 3 is 3.78 bits per heavy atom. The molecule has 0 bridgehead atoms. The molecule has 1 aliphatic rings. The van der Waals surface area contributed by atoms with Gasteiger partial charge >= 0.3 is 0 Å². The zero-order valence-corrected chi connectivity index (χ0v) is 4.99. The van der Waals surface area contributed by atoms with Gasteiger partial charge in [0, 0.05) is 13.6 Å². The molecule has 1 aliphatic heterocycles. The highest BCUT2D eigenvalue weighted by molar-refractivity contribution is 4.73. The van der Waals surface area contributed by atoms with Crippen LogP contribution in [-0.4, -0.2) is 37.6 Å². The number of rotatable bonds is 2. The summed E-state index contributed by atoms with van der Waals surface area (Å²) in [6.45, 7) is -0.697. The first-order valence-corrected chi connectivity index (χ1v) is 2.81. The van der Waals surface area contributed by atoms with Gasteiger partial charge in [-0.1, -0.05) is 0 Å². The predicted molar refractivity (Wildman–Crippen MR) is 32.2 cm³/mol. The number of ether oxygens (including phenoxy) is 2. The second kappa shape index (κ2) is 3.15. The molecular weight excluding hydrogens is 120 g/mol. The van der Waals surface area contributed by atoms with E-state index in [4.69, 9.17) is 8.85 Å². The maximum absolute atomic E-state index is 9.22. The minimum absolute atomic E-state index is 0.00815. The topological polar surface area (TPSA) is 38.7 Å². The van der Waals surface area contributed by atoms with Crippen molar-refractivity contribution in [1.29, 1.82) is 0 Å². The first kappa shape index (κ1) is 3.91. The monoisotopic (exact) mass is 137 g/mol. The van der Waals surface area contributed by atoms with Crippen LogP contribution in [0.15, 0.2) is 0 Å². The van der Waals surface area contributed by atoms with Crippen LogP contribution in [0.4, 0.5) is 0 Å². The molecule has 0 spiro atoms. The van der Waals surface area contributed by atoms with Crippen molar-refractivity contribution in [3.63, 3.8) is 0 Å². The van der Waals surface area contributed by atoms with E-state index in [0.29, 0.717) is 0 Å². The lowest BCUT2D eigenvalue weighted by Crippen LogP contribution is -2.25. The number of hydrogen-bond acceptors (Lipinski definition) is 3. The van der Waals surface area contributed by atoms with Crippen LogP contribution in [0.1, 0.15) is 10.5 Å². The quantitative estimate of drug-likeness (QED) is 0.572. The van der Waals surface area contributed by atoms with E-state index in [9.17, 15) is 5.11 Å². The zero-order valence-electron chi connectivity index (χ0n) is 7.99. The number of aliphatic hydroxyl groups excluding tert-OH is 1. The van der Waals surface area contributed by atoms with Crippen LogP contribution in [0.25, 0.3) is 0 Å². The Bertz CT molecular complexity index is 144. The van der Waals surface area contributed by atoms with Crippen LogP contribution in [-0.2, 0) is 9.47 Å². The molecule has 54 valence electrons. The van der Waals surface area contributed by atoms with Crippen molar-refractivity contribution in [3.8, 4) is 0 Å². The lowest BCUT2D eigenvalue weighted by Gasteiger charge is -2.10. The van der Waals surface area contributed by atoms with Crippen molar-refractivity contribution in [3.05, 3.63) is 0 Å². The smallest absolute Gasteiger partial charge is 0.107 e. The van der Waals surface area contributed by atoms with Crippen molar-refractivity contribution in [2.45, 2.75) is 18.6 Å². The Morgan fingerprint density at radius 2 is 3.22 bits per heavy atom. The maximum Gasteiger partial charge on any atom is 0.107 e. The highest BCUT2D eigenvalue weighted by atomic mass is 16.5. The van der Waals surface area contributed by atoms with Gasteiger partial charge in [-0.3, -0.25) is 0 Å². The van der Waals surface area contributed by atoms with E-state index in [2.05, 4.69) is 4.74 Å². The first-order chi connectivity index (χ1) is 5.59. The third kappa shape index (κ3) is 1.64. The standard InChI is InChI=1S/C6H12O3/c1-8-4-6-5(7)2-3-9-6/h5-7H,2-4H2,1H3/t5?,6-/m0/s1/i1TD,3T/t1?,3?,5?,6-. The lowest BCUT2D eigenvalue weighted by molar-refractivity contribution is -0.0101. The molecular formula is C6H12O3. The number of hydrogen-bond donors (Lipinski definition) is 1. The third-order valence-corrected chi connectivity index (χ3v) is 1.30. The maximum atomic E-state index is 9.22. The molecule has 4 atom stereocenters. The molecule has 1 N–H and O–H groups in total. The van der Waals surface area contributed by atoms with Crippen LogP contribution in [0.2, 0.25) is 0 Å². The molecule has 1 rings (SSSR count). The molecule has 0 aromatic rings. The van der Waals surface area contributed by atoms with Crippen LogP contribution in [0, 0.1) is 0 Å². The summed E-state index contributed by atoms with van der Waals surface area (Å²) in [4.78, 5) is 0. The Morgan fingerprint density at radius 1 is 2.33 bits per heavy atom. The van der Waals surface area contributed by atoms with E-state index < -0.39 is 25.9 Å². The number of methoxy groups -OCH3 is 1. The Kier molecular flexibility index (Phi) is 1.37. The van der Waals surface area contributed by atoms with E-state index in [1.807, 2.05) is 0 Å². The fraction of sp³-hybridized carbons (Fsp3) is 1.00. The molecule has 0 saturated carbocycles. The molecule has 0 aromatic carbocycles. The predicted octanol–water partition coefficient (Wildman–Crippen LogP) is -0.217. The number of aliphatic hydroxyl groups is 1. The van der Waals surface area contributed by atoms with Gasteiger partial charge in [-0.05, 0) is 6.42 Å². The van der Waals surface area contributed by atoms with Gasteiger partial charge < -0.3 is 14.6 Å². The Balaban J connectivity index is 2.23. The highest BCUT2D eigenvalue weighted by Gasteiger charge is 2.25. The normalized spacial score (nSPS) is 51.7. The molecule has 0 radical (unpaired) electrons. The Hall–Kier alpha value is -0.120.